The molecule has 0 spiro atoms. The molecule has 0 saturated carbocycles. The predicted octanol–water partition coefficient (Wildman–Crippen LogP) is 3.56. The van der Waals surface area contributed by atoms with Crippen LogP contribution in [-0.4, -0.2) is 30.0 Å². The van der Waals surface area contributed by atoms with Crippen LogP contribution in [0, 0.1) is 6.92 Å². The highest BCUT2D eigenvalue weighted by Crippen LogP contribution is 2.34. The molecular formula is C22H22N6OS. The number of hydrogen-bond donors (Lipinski definition) is 2. The maximum atomic E-state index is 12.9. The standard InChI is InChI=1S/C22H22N6OS/c1-14-21(30-28-12-16-11-25-26-19(16)13-28)9-20(27(14)2)22(29)24-10-15-5-3-7-18-17(15)6-4-8-23-18/h3-9,11H,10,12-13H2,1-2H3,(H,24,29)(H,25,26). The summed E-state index contributed by atoms with van der Waals surface area (Å²) in [6.45, 7) is 4.18. The topological polar surface area (TPSA) is 78.8 Å². The summed E-state index contributed by atoms with van der Waals surface area (Å²) in [6.07, 6.45) is 3.67. The van der Waals surface area contributed by atoms with Crippen molar-refractivity contribution in [3.63, 3.8) is 0 Å². The number of rotatable bonds is 5. The molecule has 1 amide bonds. The van der Waals surface area contributed by atoms with E-state index in [9.17, 15) is 4.79 Å². The monoisotopic (exact) mass is 418 g/mol. The molecule has 8 heteroatoms. The molecule has 0 bridgehead atoms. The molecule has 1 aliphatic heterocycles. The minimum Gasteiger partial charge on any atom is -0.347 e. The van der Waals surface area contributed by atoms with E-state index in [0.29, 0.717) is 12.2 Å². The summed E-state index contributed by atoms with van der Waals surface area (Å²) < 4.78 is 4.23. The number of pyridine rings is 1. The van der Waals surface area contributed by atoms with Crippen LogP contribution in [0.1, 0.15) is 33.0 Å². The first-order valence-corrected chi connectivity index (χ1v) is 10.6. The van der Waals surface area contributed by atoms with Crippen molar-refractivity contribution in [1.29, 1.82) is 0 Å². The molecule has 4 heterocycles. The van der Waals surface area contributed by atoms with Gasteiger partial charge in [0, 0.05) is 47.9 Å². The number of hydrogen-bond acceptors (Lipinski definition) is 5. The van der Waals surface area contributed by atoms with Crippen molar-refractivity contribution in [1.82, 2.24) is 29.4 Å². The van der Waals surface area contributed by atoms with Crippen LogP contribution in [0.3, 0.4) is 0 Å². The van der Waals surface area contributed by atoms with Crippen LogP contribution in [0.5, 0.6) is 0 Å². The average Bonchev–Trinajstić information content (AvgIpc) is 3.42. The number of H-pyrrole nitrogens is 1. The van der Waals surface area contributed by atoms with Crippen LogP contribution >= 0.6 is 11.9 Å². The highest BCUT2D eigenvalue weighted by Gasteiger charge is 2.24. The largest absolute Gasteiger partial charge is 0.347 e. The van der Waals surface area contributed by atoms with Gasteiger partial charge in [0.1, 0.15) is 5.69 Å². The maximum Gasteiger partial charge on any atom is 0.268 e. The van der Waals surface area contributed by atoms with Gasteiger partial charge >= 0.3 is 0 Å². The van der Waals surface area contributed by atoms with Gasteiger partial charge in [0.25, 0.3) is 5.91 Å². The Morgan fingerprint density at radius 1 is 1.27 bits per heavy atom. The third-order valence-electron chi connectivity index (χ3n) is 5.61. The summed E-state index contributed by atoms with van der Waals surface area (Å²) in [6, 6.07) is 11.9. The molecular weight excluding hydrogens is 396 g/mol. The normalized spacial score (nSPS) is 13.7. The Hall–Kier alpha value is -3.10. The van der Waals surface area contributed by atoms with Crippen LogP contribution in [0.4, 0.5) is 0 Å². The van der Waals surface area contributed by atoms with Crippen LogP contribution in [0.2, 0.25) is 0 Å². The van der Waals surface area contributed by atoms with E-state index >= 15 is 0 Å². The van der Waals surface area contributed by atoms with E-state index < -0.39 is 0 Å². The number of aromatic nitrogens is 4. The van der Waals surface area contributed by atoms with E-state index in [4.69, 9.17) is 0 Å². The predicted molar refractivity (Wildman–Crippen MR) is 117 cm³/mol. The average molecular weight is 419 g/mol. The number of carbonyl (C=O) groups excluding carboxylic acids is 1. The summed E-state index contributed by atoms with van der Waals surface area (Å²) >= 11 is 1.68. The van der Waals surface area contributed by atoms with Gasteiger partial charge in [0.2, 0.25) is 0 Å². The van der Waals surface area contributed by atoms with Crippen molar-refractivity contribution in [2.24, 2.45) is 7.05 Å². The Morgan fingerprint density at radius 3 is 3.03 bits per heavy atom. The molecule has 4 aromatic rings. The quantitative estimate of drug-likeness (QED) is 0.485. The van der Waals surface area contributed by atoms with Gasteiger partial charge < -0.3 is 9.88 Å². The lowest BCUT2D eigenvalue weighted by atomic mass is 10.1. The number of nitrogens with zero attached hydrogens (tertiary/aromatic N) is 4. The fourth-order valence-corrected chi connectivity index (χ4v) is 4.91. The number of benzene rings is 1. The maximum absolute atomic E-state index is 12.9. The molecule has 30 heavy (non-hydrogen) atoms. The molecule has 0 fully saturated rings. The van der Waals surface area contributed by atoms with Crippen molar-refractivity contribution in [3.8, 4) is 0 Å². The van der Waals surface area contributed by atoms with Crippen LogP contribution in [0.25, 0.3) is 10.9 Å². The molecule has 0 radical (unpaired) electrons. The molecule has 7 nitrogen and oxygen atoms in total. The Bertz CT molecular complexity index is 1220. The lowest BCUT2D eigenvalue weighted by molar-refractivity contribution is 0.0942. The van der Waals surface area contributed by atoms with Gasteiger partial charge in [0.05, 0.1) is 24.0 Å². The van der Waals surface area contributed by atoms with Gasteiger partial charge in [-0.1, -0.05) is 18.2 Å². The molecule has 0 aliphatic carbocycles. The van der Waals surface area contributed by atoms with E-state index in [1.807, 2.05) is 61.1 Å². The molecule has 5 rings (SSSR count). The van der Waals surface area contributed by atoms with Crippen LogP contribution in [-0.2, 0) is 26.7 Å². The number of amides is 1. The number of aromatic amines is 1. The third kappa shape index (κ3) is 3.38. The lowest BCUT2D eigenvalue weighted by Crippen LogP contribution is -2.25. The van der Waals surface area contributed by atoms with Gasteiger partial charge in [0.15, 0.2) is 0 Å². The van der Waals surface area contributed by atoms with Gasteiger partial charge in [-0.15, -0.1) is 0 Å². The summed E-state index contributed by atoms with van der Waals surface area (Å²) in [5.74, 6) is -0.0795. The van der Waals surface area contributed by atoms with E-state index in [1.165, 1.54) is 11.3 Å². The third-order valence-corrected chi connectivity index (χ3v) is 6.74. The first-order valence-electron chi connectivity index (χ1n) is 9.81. The van der Waals surface area contributed by atoms with Crippen molar-refractivity contribution in [2.45, 2.75) is 31.5 Å². The van der Waals surface area contributed by atoms with Gasteiger partial charge in [-0.3, -0.25) is 14.9 Å². The number of nitrogens with one attached hydrogen (secondary N) is 2. The van der Waals surface area contributed by atoms with E-state index in [2.05, 4.69) is 24.8 Å². The Labute approximate surface area is 178 Å². The minimum absolute atomic E-state index is 0.0795. The highest BCUT2D eigenvalue weighted by atomic mass is 32.2. The summed E-state index contributed by atoms with van der Waals surface area (Å²) in [7, 11) is 1.94. The van der Waals surface area contributed by atoms with Crippen molar-refractivity contribution < 1.29 is 4.79 Å². The molecule has 0 unspecified atom stereocenters. The molecule has 0 saturated heterocycles. The Morgan fingerprint density at radius 2 is 2.17 bits per heavy atom. The fraction of sp³-hybridized carbons (Fsp3) is 0.227. The zero-order chi connectivity index (χ0) is 20.7. The molecule has 3 aromatic heterocycles. The molecule has 2 N–H and O–H groups in total. The second-order valence-corrected chi connectivity index (χ2v) is 8.61. The van der Waals surface area contributed by atoms with Crippen molar-refractivity contribution in [2.75, 3.05) is 0 Å². The second kappa shape index (κ2) is 7.62. The first-order chi connectivity index (χ1) is 14.6. The van der Waals surface area contributed by atoms with Gasteiger partial charge in [-0.2, -0.15) is 5.10 Å². The lowest BCUT2D eigenvalue weighted by Gasteiger charge is -2.13. The number of fused-ring (bicyclic) bond motifs is 2. The zero-order valence-electron chi connectivity index (χ0n) is 16.8. The summed E-state index contributed by atoms with van der Waals surface area (Å²) in [5, 5.41) is 11.3. The minimum atomic E-state index is -0.0795. The SMILES string of the molecule is Cc1c(SN2Cc3cn[nH]c3C2)cc(C(=O)NCc2cccc3ncccc23)n1C. The van der Waals surface area contributed by atoms with E-state index in [1.54, 1.807) is 18.1 Å². The zero-order valence-corrected chi connectivity index (χ0v) is 17.7. The second-order valence-electron chi connectivity index (χ2n) is 7.47. The fourth-order valence-electron chi connectivity index (χ4n) is 3.81. The van der Waals surface area contributed by atoms with E-state index in [-0.39, 0.29) is 5.91 Å². The number of carbonyl (C=O) groups is 1. The summed E-state index contributed by atoms with van der Waals surface area (Å²) in [5.41, 5.74) is 6.13. The molecule has 1 aliphatic rings. The van der Waals surface area contributed by atoms with E-state index in [0.717, 1.165) is 40.1 Å². The Kier molecular flexibility index (Phi) is 4.80. The summed E-state index contributed by atoms with van der Waals surface area (Å²) in [4.78, 5) is 18.4. The van der Waals surface area contributed by atoms with Crippen LogP contribution in [0.15, 0.2) is 53.7 Å². The van der Waals surface area contributed by atoms with Gasteiger partial charge in [-0.25, -0.2) is 4.31 Å². The Balaban J connectivity index is 1.30. The molecule has 0 atom stereocenters. The first kappa shape index (κ1) is 18.9. The van der Waals surface area contributed by atoms with Crippen molar-refractivity contribution in [3.05, 3.63) is 77.0 Å². The van der Waals surface area contributed by atoms with Gasteiger partial charge in [-0.05, 0) is 42.6 Å². The molecule has 152 valence electrons. The molecule has 1 aromatic carbocycles. The highest BCUT2D eigenvalue weighted by molar-refractivity contribution is 7.97. The van der Waals surface area contributed by atoms with Crippen LogP contribution < -0.4 is 5.32 Å². The smallest absolute Gasteiger partial charge is 0.268 e. The van der Waals surface area contributed by atoms with Crippen molar-refractivity contribution >= 4 is 28.8 Å².